The van der Waals surface area contributed by atoms with Gasteiger partial charge in [-0.05, 0) is 50.3 Å². The predicted molar refractivity (Wildman–Crippen MR) is 85.8 cm³/mol. The summed E-state index contributed by atoms with van der Waals surface area (Å²) in [5.41, 5.74) is 2.14. The summed E-state index contributed by atoms with van der Waals surface area (Å²) >= 11 is 0. The average molecular weight is 301 g/mol. The molecule has 1 fully saturated rings. The molecular formula is C17H23N3O2. The van der Waals surface area contributed by atoms with Crippen molar-refractivity contribution in [1.29, 1.82) is 5.26 Å². The summed E-state index contributed by atoms with van der Waals surface area (Å²) in [7, 11) is 1.78. The molecule has 1 aromatic rings. The summed E-state index contributed by atoms with van der Waals surface area (Å²) in [6.07, 6.45) is 4.59. The van der Waals surface area contributed by atoms with Crippen LogP contribution in [0.15, 0.2) is 18.2 Å². The van der Waals surface area contributed by atoms with E-state index in [0.29, 0.717) is 23.9 Å². The van der Waals surface area contributed by atoms with Crippen LogP contribution in [0, 0.1) is 18.3 Å². The van der Waals surface area contributed by atoms with Gasteiger partial charge >= 0.3 is 6.03 Å². The third-order valence-corrected chi connectivity index (χ3v) is 4.00. The number of aryl methyl sites for hydroxylation is 1. The first-order chi connectivity index (χ1) is 10.6. The zero-order valence-electron chi connectivity index (χ0n) is 13.3. The lowest BCUT2D eigenvalue weighted by atomic mass is 10.1. The van der Waals surface area contributed by atoms with Crippen molar-refractivity contribution in [2.45, 2.75) is 38.7 Å². The number of nitrogens with one attached hydrogen (secondary N) is 1. The van der Waals surface area contributed by atoms with Gasteiger partial charge in [-0.2, -0.15) is 5.26 Å². The number of rotatable bonds is 5. The fourth-order valence-corrected chi connectivity index (χ4v) is 2.57. The maximum absolute atomic E-state index is 12.1. The van der Waals surface area contributed by atoms with Crippen LogP contribution in [0.4, 0.5) is 10.5 Å². The second-order valence-corrected chi connectivity index (χ2v) is 5.77. The van der Waals surface area contributed by atoms with Crippen LogP contribution in [0.5, 0.6) is 0 Å². The lowest BCUT2D eigenvalue weighted by Gasteiger charge is -2.19. The van der Waals surface area contributed by atoms with Gasteiger partial charge in [-0.1, -0.05) is 6.07 Å². The quantitative estimate of drug-likeness (QED) is 0.907. The standard InChI is InChI=1S/C17H23N3O2/c1-13-7-8-15(11-14(13)12-18)19-17(21)20(2)9-3-5-16-6-4-10-22-16/h7-8,11,16H,3-6,9-10H2,1-2H3,(H,19,21)/t16-/m1/s1. The number of anilines is 1. The van der Waals surface area contributed by atoms with E-state index in [1.165, 1.54) is 0 Å². The van der Waals surface area contributed by atoms with Crippen LogP contribution in [0.1, 0.15) is 36.8 Å². The Morgan fingerprint density at radius 1 is 1.55 bits per heavy atom. The van der Waals surface area contributed by atoms with Gasteiger partial charge in [-0.15, -0.1) is 0 Å². The van der Waals surface area contributed by atoms with Crippen LogP contribution in [0.2, 0.25) is 0 Å². The van der Waals surface area contributed by atoms with Gasteiger partial charge < -0.3 is 15.0 Å². The molecule has 0 spiro atoms. The van der Waals surface area contributed by atoms with E-state index in [-0.39, 0.29) is 6.03 Å². The molecule has 1 aliphatic heterocycles. The lowest BCUT2D eigenvalue weighted by Crippen LogP contribution is -2.32. The van der Waals surface area contributed by atoms with Gasteiger partial charge in [0.2, 0.25) is 0 Å². The molecule has 0 aliphatic carbocycles. The van der Waals surface area contributed by atoms with Crippen molar-refractivity contribution in [3.05, 3.63) is 29.3 Å². The van der Waals surface area contributed by atoms with Crippen molar-refractivity contribution in [2.75, 3.05) is 25.5 Å². The van der Waals surface area contributed by atoms with Gasteiger partial charge in [0.25, 0.3) is 0 Å². The molecule has 118 valence electrons. The Hall–Kier alpha value is -2.06. The number of carbonyl (C=O) groups is 1. The van der Waals surface area contributed by atoms with Crippen molar-refractivity contribution in [2.24, 2.45) is 0 Å². The molecule has 22 heavy (non-hydrogen) atoms. The fourth-order valence-electron chi connectivity index (χ4n) is 2.57. The molecule has 0 saturated carbocycles. The molecule has 2 rings (SSSR count). The highest BCUT2D eigenvalue weighted by atomic mass is 16.5. The molecule has 2 amide bonds. The summed E-state index contributed by atoms with van der Waals surface area (Å²) in [4.78, 5) is 13.8. The maximum Gasteiger partial charge on any atom is 0.321 e. The summed E-state index contributed by atoms with van der Waals surface area (Å²) in [6.45, 7) is 3.44. The van der Waals surface area contributed by atoms with E-state index in [0.717, 1.165) is 37.9 Å². The monoisotopic (exact) mass is 301 g/mol. The van der Waals surface area contributed by atoms with Crippen LogP contribution in [-0.2, 0) is 4.74 Å². The topological polar surface area (TPSA) is 65.4 Å². The van der Waals surface area contributed by atoms with E-state index in [4.69, 9.17) is 10.00 Å². The van der Waals surface area contributed by atoms with Crippen LogP contribution < -0.4 is 5.32 Å². The molecule has 0 aromatic heterocycles. The largest absolute Gasteiger partial charge is 0.378 e. The second-order valence-electron chi connectivity index (χ2n) is 5.77. The first kappa shape index (κ1) is 16.3. The highest BCUT2D eigenvalue weighted by molar-refractivity contribution is 5.89. The minimum Gasteiger partial charge on any atom is -0.378 e. The Balaban J connectivity index is 1.79. The molecule has 1 saturated heterocycles. The third kappa shape index (κ3) is 4.47. The fraction of sp³-hybridized carbons (Fsp3) is 0.529. The van der Waals surface area contributed by atoms with E-state index in [2.05, 4.69) is 11.4 Å². The average Bonchev–Trinajstić information content (AvgIpc) is 3.02. The predicted octanol–water partition coefficient (Wildman–Crippen LogP) is 3.29. The molecule has 0 bridgehead atoms. The molecule has 1 heterocycles. The summed E-state index contributed by atoms with van der Waals surface area (Å²) < 4.78 is 5.58. The molecule has 5 nitrogen and oxygen atoms in total. The van der Waals surface area contributed by atoms with Crippen molar-refractivity contribution in [3.63, 3.8) is 0 Å². The first-order valence-corrected chi connectivity index (χ1v) is 7.74. The van der Waals surface area contributed by atoms with Crippen LogP contribution >= 0.6 is 0 Å². The highest BCUT2D eigenvalue weighted by Gasteiger charge is 2.16. The van der Waals surface area contributed by atoms with Crippen molar-refractivity contribution >= 4 is 11.7 Å². The maximum atomic E-state index is 12.1. The van der Waals surface area contributed by atoms with Crippen molar-refractivity contribution in [1.82, 2.24) is 4.90 Å². The summed E-state index contributed by atoms with van der Waals surface area (Å²) in [6, 6.07) is 7.33. The number of nitriles is 1. The Morgan fingerprint density at radius 2 is 2.36 bits per heavy atom. The molecule has 0 unspecified atom stereocenters. The number of hydrogen-bond donors (Lipinski definition) is 1. The van der Waals surface area contributed by atoms with Gasteiger partial charge in [-0.3, -0.25) is 0 Å². The summed E-state index contributed by atoms with van der Waals surface area (Å²) in [5, 5.41) is 11.8. The minimum atomic E-state index is -0.153. The smallest absolute Gasteiger partial charge is 0.321 e. The van der Waals surface area contributed by atoms with Gasteiger partial charge in [0.1, 0.15) is 0 Å². The Morgan fingerprint density at radius 3 is 3.05 bits per heavy atom. The normalized spacial score (nSPS) is 17.0. The molecule has 0 radical (unpaired) electrons. The highest BCUT2D eigenvalue weighted by Crippen LogP contribution is 2.17. The van der Waals surface area contributed by atoms with Crippen LogP contribution in [0.3, 0.4) is 0 Å². The molecule has 1 aliphatic rings. The number of hydrogen-bond acceptors (Lipinski definition) is 3. The summed E-state index contributed by atoms with van der Waals surface area (Å²) in [5.74, 6) is 0. The second kappa shape index (κ2) is 7.81. The number of nitrogens with zero attached hydrogens (tertiary/aromatic N) is 2. The molecule has 5 heteroatoms. The first-order valence-electron chi connectivity index (χ1n) is 7.74. The number of benzene rings is 1. The Kier molecular flexibility index (Phi) is 5.79. The van der Waals surface area contributed by atoms with Gasteiger partial charge in [-0.25, -0.2) is 4.79 Å². The minimum absolute atomic E-state index is 0.153. The van der Waals surface area contributed by atoms with Gasteiger partial charge in [0.15, 0.2) is 0 Å². The Labute approximate surface area is 131 Å². The zero-order valence-corrected chi connectivity index (χ0v) is 13.3. The van der Waals surface area contributed by atoms with E-state index in [1.54, 1.807) is 18.0 Å². The number of urea groups is 1. The van der Waals surface area contributed by atoms with Crippen LogP contribution in [-0.4, -0.2) is 37.2 Å². The SMILES string of the molecule is Cc1ccc(NC(=O)N(C)CCC[C@@H]2CCCO2)cc1C#N. The van der Waals surface area contributed by atoms with Crippen molar-refractivity contribution < 1.29 is 9.53 Å². The van der Waals surface area contributed by atoms with E-state index in [9.17, 15) is 4.79 Å². The van der Waals surface area contributed by atoms with Gasteiger partial charge in [0.05, 0.1) is 17.7 Å². The van der Waals surface area contributed by atoms with E-state index >= 15 is 0 Å². The van der Waals surface area contributed by atoms with Crippen molar-refractivity contribution in [3.8, 4) is 6.07 Å². The number of ether oxygens (including phenoxy) is 1. The van der Waals surface area contributed by atoms with Gasteiger partial charge in [0, 0.05) is 25.9 Å². The molecular weight excluding hydrogens is 278 g/mol. The number of carbonyl (C=O) groups excluding carboxylic acids is 1. The van der Waals surface area contributed by atoms with E-state index in [1.807, 2.05) is 19.1 Å². The van der Waals surface area contributed by atoms with Crippen LogP contribution in [0.25, 0.3) is 0 Å². The van der Waals surface area contributed by atoms with E-state index < -0.39 is 0 Å². The molecule has 1 aromatic carbocycles. The lowest BCUT2D eigenvalue weighted by molar-refractivity contribution is 0.101. The third-order valence-electron chi connectivity index (χ3n) is 4.00. The number of amides is 2. The molecule has 1 N–H and O–H groups in total. The molecule has 1 atom stereocenters. The zero-order chi connectivity index (χ0) is 15.9. The Bertz CT molecular complexity index is 560.